The van der Waals surface area contributed by atoms with E-state index in [1.54, 1.807) is 6.07 Å². The van der Waals surface area contributed by atoms with Crippen molar-refractivity contribution < 1.29 is 14.1 Å². The van der Waals surface area contributed by atoms with E-state index in [-0.39, 0.29) is 5.41 Å². The zero-order valence-electron chi connectivity index (χ0n) is 16.8. The highest BCUT2D eigenvalue weighted by Crippen LogP contribution is 2.54. The predicted octanol–water partition coefficient (Wildman–Crippen LogP) is 4.12. The Morgan fingerprint density at radius 1 is 1.46 bits per heavy atom. The standard InChI is InChI=1S/C12H21NO.C8H12N2O2/c1-3-4-5-11(14)13-9-12(6-7-12)8-10(13)2;1-8(2,3)6-4-7(9-5-11)10-12-6/h10H,3-9H2,1-2H3;4-5H,1-3H3,(H,9,10,11). The van der Waals surface area contributed by atoms with Crippen LogP contribution >= 0.6 is 0 Å². The van der Waals surface area contributed by atoms with E-state index >= 15 is 0 Å². The molecule has 26 heavy (non-hydrogen) atoms. The van der Waals surface area contributed by atoms with Crippen molar-refractivity contribution >= 4 is 18.1 Å². The molecule has 0 radical (unpaired) electrons. The minimum absolute atomic E-state index is 0.0736. The van der Waals surface area contributed by atoms with E-state index in [0.29, 0.717) is 29.6 Å². The molecule has 6 heteroatoms. The van der Waals surface area contributed by atoms with Gasteiger partial charge in [-0.05, 0) is 38.0 Å². The summed E-state index contributed by atoms with van der Waals surface area (Å²) in [6.45, 7) is 11.4. The van der Waals surface area contributed by atoms with Gasteiger partial charge in [-0.2, -0.15) is 0 Å². The number of likely N-dealkylation sites (tertiary alicyclic amines) is 1. The molecule has 146 valence electrons. The molecule has 0 aromatic carbocycles. The smallest absolute Gasteiger partial charge is 0.222 e. The van der Waals surface area contributed by atoms with Gasteiger partial charge in [0.1, 0.15) is 5.76 Å². The maximum absolute atomic E-state index is 11.9. The summed E-state index contributed by atoms with van der Waals surface area (Å²) in [4.78, 5) is 24.0. The minimum Gasteiger partial charge on any atom is -0.359 e. The molecule has 1 saturated carbocycles. The van der Waals surface area contributed by atoms with Crippen LogP contribution in [0.4, 0.5) is 5.82 Å². The maximum Gasteiger partial charge on any atom is 0.222 e. The summed E-state index contributed by atoms with van der Waals surface area (Å²) in [5.74, 6) is 1.60. The Kier molecular flexibility index (Phi) is 6.48. The molecule has 1 aliphatic heterocycles. The summed E-state index contributed by atoms with van der Waals surface area (Å²) >= 11 is 0. The van der Waals surface area contributed by atoms with Crippen molar-refractivity contribution in [3.05, 3.63) is 11.8 Å². The van der Waals surface area contributed by atoms with Gasteiger partial charge in [-0.25, -0.2) is 0 Å². The number of nitrogens with one attached hydrogen (secondary N) is 1. The third-order valence-corrected chi connectivity index (χ3v) is 5.24. The van der Waals surface area contributed by atoms with E-state index in [1.165, 1.54) is 19.3 Å². The summed E-state index contributed by atoms with van der Waals surface area (Å²) in [6.07, 6.45) is 7.48. The van der Waals surface area contributed by atoms with Crippen molar-refractivity contribution in [3.8, 4) is 0 Å². The monoisotopic (exact) mass is 363 g/mol. The molecule has 1 N–H and O–H groups in total. The van der Waals surface area contributed by atoms with E-state index in [4.69, 9.17) is 4.52 Å². The van der Waals surface area contributed by atoms with Crippen molar-refractivity contribution in [1.82, 2.24) is 10.1 Å². The molecule has 1 atom stereocenters. The van der Waals surface area contributed by atoms with Crippen LogP contribution in [0, 0.1) is 5.41 Å². The third kappa shape index (κ3) is 5.32. The van der Waals surface area contributed by atoms with E-state index in [1.807, 2.05) is 20.8 Å². The molecule has 2 fully saturated rings. The number of hydrogen-bond acceptors (Lipinski definition) is 4. The first-order valence-electron chi connectivity index (χ1n) is 9.67. The molecular formula is C20H33N3O3. The number of rotatable bonds is 5. The fourth-order valence-corrected chi connectivity index (χ4v) is 3.42. The van der Waals surface area contributed by atoms with Crippen LogP contribution in [0.2, 0.25) is 0 Å². The van der Waals surface area contributed by atoms with Crippen LogP contribution in [0.25, 0.3) is 0 Å². The van der Waals surface area contributed by atoms with Crippen molar-refractivity contribution in [2.75, 3.05) is 11.9 Å². The van der Waals surface area contributed by atoms with Crippen LogP contribution in [0.3, 0.4) is 0 Å². The summed E-state index contributed by atoms with van der Waals surface area (Å²) in [6, 6.07) is 2.22. The molecule has 1 aliphatic carbocycles. The van der Waals surface area contributed by atoms with Gasteiger partial charge in [-0.3, -0.25) is 9.59 Å². The summed E-state index contributed by atoms with van der Waals surface area (Å²) in [5, 5.41) is 6.07. The number of carbonyl (C=O) groups is 2. The molecule has 2 aliphatic rings. The van der Waals surface area contributed by atoms with E-state index in [9.17, 15) is 9.59 Å². The molecule has 2 amide bonds. The van der Waals surface area contributed by atoms with Crippen LogP contribution in [0.15, 0.2) is 10.6 Å². The van der Waals surface area contributed by atoms with Gasteiger partial charge in [0.2, 0.25) is 12.3 Å². The topological polar surface area (TPSA) is 75.4 Å². The third-order valence-electron chi connectivity index (χ3n) is 5.24. The summed E-state index contributed by atoms with van der Waals surface area (Å²) < 4.78 is 5.01. The Morgan fingerprint density at radius 2 is 2.15 bits per heavy atom. The quantitative estimate of drug-likeness (QED) is 0.799. The zero-order chi connectivity index (χ0) is 19.4. The molecule has 2 heterocycles. The fraction of sp³-hybridized carbons (Fsp3) is 0.750. The largest absolute Gasteiger partial charge is 0.359 e. The van der Waals surface area contributed by atoms with Crippen LogP contribution in [0.5, 0.6) is 0 Å². The lowest BCUT2D eigenvalue weighted by molar-refractivity contribution is -0.132. The van der Waals surface area contributed by atoms with Crippen molar-refractivity contribution in [3.63, 3.8) is 0 Å². The number of amides is 2. The molecular weight excluding hydrogens is 330 g/mol. The van der Waals surface area contributed by atoms with Gasteiger partial charge in [0.15, 0.2) is 5.82 Å². The van der Waals surface area contributed by atoms with Gasteiger partial charge in [0.05, 0.1) is 0 Å². The van der Waals surface area contributed by atoms with Crippen molar-refractivity contribution in [1.29, 1.82) is 0 Å². The highest BCUT2D eigenvalue weighted by Gasteiger charge is 2.51. The average molecular weight is 364 g/mol. The first-order valence-corrected chi connectivity index (χ1v) is 9.67. The molecule has 1 spiro atoms. The van der Waals surface area contributed by atoms with Crippen LogP contribution in [-0.4, -0.2) is 35.0 Å². The van der Waals surface area contributed by atoms with Crippen molar-refractivity contribution in [2.45, 2.75) is 84.6 Å². The van der Waals surface area contributed by atoms with Gasteiger partial charge in [0.25, 0.3) is 0 Å². The molecule has 3 rings (SSSR count). The highest BCUT2D eigenvalue weighted by atomic mass is 16.5. The van der Waals surface area contributed by atoms with Crippen LogP contribution in [0.1, 0.15) is 78.9 Å². The van der Waals surface area contributed by atoms with Gasteiger partial charge in [0, 0.05) is 30.5 Å². The SMILES string of the molecule is CC(C)(C)c1cc(NC=O)no1.CCCCC(=O)N1CC2(CC2)CC1C. The Morgan fingerprint density at radius 3 is 2.62 bits per heavy atom. The van der Waals surface area contributed by atoms with Gasteiger partial charge in [-0.1, -0.05) is 39.3 Å². The number of hydrogen-bond donors (Lipinski definition) is 1. The Balaban J connectivity index is 0.000000190. The lowest BCUT2D eigenvalue weighted by Gasteiger charge is -2.21. The van der Waals surface area contributed by atoms with E-state index in [0.717, 1.165) is 31.6 Å². The number of unbranched alkanes of at least 4 members (excludes halogenated alkanes) is 1. The molecule has 1 aromatic heterocycles. The van der Waals surface area contributed by atoms with Crippen LogP contribution < -0.4 is 5.32 Å². The Bertz CT molecular complexity index is 614. The molecule has 1 unspecified atom stereocenters. The Hall–Kier alpha value is -1.85. The van der Waals surface area contributed by atoms with Gasteiger partial charge >= 0.3 is 0 Å². The van der Waals surface area contributed by atoms with Gasteiger partial charge < -0.3 is 14.7 Å². The maximum atomic E-state index is 11.9. The highest BCUT2D eigenvalue weighted by molar-refractivity contribution is 5.77. The number of nitrogens with zero attached hydrogens (tertiary/aromatic N) is 2. The second-order valence-corrected chi connectivity index (χ2v) is 8.77. The lowest BCUT2D eigenvalue weighted by atomic mass is 9.93. The molecule has 1 saturated heterocycles. The molecule has 6 nitrogen and oxygen atoms in total. The van der Waals surface area contributed by atoms with Gasteiger partial charge in [-0.15, -0.1) is 0 Å². The predicted molar refractivity (Wildman–Crippen MR) is 102 cm³/mol. The summed E-state index contributed by atoms with van der Waals surface area (Å²) in [7, 11) is 0. The number of anilines is 1. The number of aromatic nitrogens is 1. The number of carbonyl (C=O) groups excluding carboxylic acids is 2. The minimum atomic E-state index is -0.0736. The lowest BCUT2D eigenvalue weighted by Crippen LogP contribution is -2.33. The zero-order valence-corrected chi connectivity index (χ0v) is 16.8. The van der Waals surface area contributed by atoms with Crippen LogP contribution in [-0.2, 0) is 15.0 Å². The fourth-order valence-electron chi connectivity index (χ4n) is 3.42. The first kappa shape index (κ1) is 20.5. The second-order valence-electron chi connectivity index (χ2n) is 8.77. The second kappa shape index (κ2) is 8.23. The van der Waals surface area contributed by atoms with E-state index < -0.39 is 0 Å². The Labute approximate surface area is 156 Å². The average Bonchev–Trinajstić information content (AvgIpc) is 2.99. The molecule has 1 aromatic rings. The van der Waals surface area contributed by atoms with Crippen molar-refractivity contribution in [2.24, 2.45) is 5.41 Å². The van der Waals surface area contributed by atoms with E-state index in [2.05, 4.69) is 29.2 Å². The normalized spacial score (nSPS) is 20.5. The summed E-state index contributed by atoms with van der Waals surface area (Å²) in [5.41, 5.74) is 0.497. The first-order chi connectivity index (χ1) is 12.2. The molecule has 0 bridgehead atoms.